The molecule has 122 valence electrons. The fourth-order valence-corrected chi connectivity index (χ4v) is 3.06. The van der Waals surface area contributed by atoms with Gasteiger partial charge in [-0.1, -0.05) is 44.2 Å². The van der Waals surface area contributed by atoms with Crippen molar-refractivity contribution < 1.29 is 14.3 Å². The molecule has 0 aliphatic carbocycles. The molecule has 4 nitrogen and oxygen atoms in total. The monoisotopic (exact) mass is 331 g/mol. The lowest BCUT2D eigenvalue weighted by molar-refractivity contribution is -0.119. The van der Waals surface area contributed by atoms with Crippen LogP contribution in [-0.2, 0) is 9.53 Å². The van der Waals surface area contributed by atoms with E-state index in [-0.39, 0.29) is 11.8 Å². The maximum atomic E-state index is 12.2. The summed E-state index contributed by atoms with van der Waals surface area (Å²) >= 11 is 1.39. The Hall–Kier alpha value is -2.14. The first-order chi connectivity index (χ1) is 11.1. The average Bonchev–Trinajstić information content (AvgIpc) is 2.99. The molecule has 5 heteroatoms. The summed E-state index contributed by atoms with van der Waals surface area (Å²) in [5.41, 5.74) is 1.42. The van der Waals surface area contributed by atoms with Gasteiger partial charge in [0.2, 0.25) is 5.91 Å². The predicted octanol–water partition coefficient (Wildman–Crippen LogP) is 4.58. The van der Waals surface area contributed by atoms with Crippen LogP contribution in [0.25, 0.3) is 10.4 Å². The molecule has 0 saturated heterocycles. The maximum absolute atomic E-state index is 12.2. The molecule has 0 aliphatic heterocycles. The van der Waals surface area contributed by atoms with Crippen molar-refractivity contribution in [2.75, 3.05) is 11.9 Å². The highest BCUT2D eigenvalue weighted by Crippen LogP contribution is 2.36. The van der Waals surface area contributed by atoms with Crippen LogP contribution in [0.1, 0.15) is 37.6 Å². The van der Waals surface area contributed by atoms with E-state index >= 15 is 0 Å². The standard InChI is InChI=1S/C18H21NO3S/c1-4-12(3)16(20)19-17-14(18(21)22-5-2)11-15(23-17)13-9-7-6-8-10-13/h6-12H,4-5H2,1-3H3,(H,19,20)/t12-/m1/s1. The molecule has 0 unspecified atom stereocenters. The van der Waals surface area contributed by atoms with E-state index in [2.05, 4.69) is 5.32 Å². The van der Waals surface area contributed by atoms with Crippen molar-refractivity contribution in [1.29, 1.82) is 0 Å². The SMILES string of the molecule is CCOC(=O)c1cc(-c2ccccc2)sc1NC(=O)[C@H](C)CC. The number of hydrogen-bond acceptors (Lipinski definition) is 4. The van der Waals surface area contributed by atoms with Crippen LogP contribution in [0, 0.1) is 5.92 Å². The highest BCUT2D eigenvalue weighted by molar-refractivity contribution is 7.20. The van der Waals surface area contributed by atoms with Crippen LogP contribution >= 0.6 is 11.3 Å². The molecule has 0 aliphatic rings. The van der Waals surface area contributed by atoms with Gasteiger partial charge in [0.05, 0.1) is 12.2 Å². The smallest absolute Gasteiger partial charge is 0.341 e. The second-order valence-electron chi connectivity index (χ2n) is 5.24. The molecule has 23 heavy (non-hydrogen) atoms. The molecule has 1 amide bonds. The first-order valence-electron chi connectivity index (χ1n) is 7.74. The zero-order valence-electron chi connectivity index (χ0n) is 13.6. The minimum Gasteiger partial charge on any atom is -0.462 e. The molecule has 2 rings (SSSR count). The second kappa shape index (κ2) is 7.92. The van der Waals surface area contributed by atoms with Gasteiger partial charge in [-0.15, -0.1) is 11.3 Å². The van der Waals surface area contributed by atoms with E-state index < -0.39 is 5.97 Å². The van der Waals surface area contributed by atoms with Crippen molar-refractivity contribution in [3.8, 4) is 10.4 Å². The van der Waals surface area contributed by atoms with Crippen LogP contribution in [0.3, 0.4) is 0 Å². The van der Waals surface area contributed by atoms with E-state index in [0.29, 0.717) is 17.2 Å². The number of thiophene rings is 1. The normalized spacial score (nSPS) is 11.8. The minimum atomic E-state index is -0.412. The summed E-state index contributed by atoms with van der Waals surface area (Å²) in [5, 5.41) is 3.42. The molecule has 0 fully saturated rings. The van der Waals surface area contributed by atoms with Crippen LogP contribution in [0.2, 0.25) is 0 Å². The Kier molecular flexibility index (Phi) is 5.93. The van der Waals surface area contributed by atoms with E-state index in [9.17, 15) is 9.59 Å². The van der Waals surface area contributed by atoms with Crippen molar-refractivity contribution in [2.24, 2.45) is 5.92 Å². The van der Waals surface area contributed by atoms with Gasteiger partial charge >= 0.3 is 5.97 Å². The van der Waals surface area contributed by atoms with Gasteiger partial charge in [0.1, 0.15) is 5.00 Å². The Morgan fingerprint density at radius 3 is 2.52 bits per heavy atom. The molecule has 1 heterocycles. The number of esters is 1. The minimum absolute atomic E-state index is 0.0838. The Labute approximate surface area is 140 Å². The quantitative estimate of drug-likeness (QED) is 0.789. The third-order valence-corrected chi connectivity index (χ3v) is 4.68. The number of carbonyl (C=O) groups excluding carboxylic acids is 2. The first kappa shape index (κ1) is 17.2. The van der Waals surface area contributed by atoms with Gasteiger partial charge < -0.3 is 10.1 Å². The van der Waals surface area contributed by atoms with Gasteiger partial charge in [0.15, 0.2) is 0 Å². The Balaban J connectivity index is 2.36. The number of ether oxygens (including phenoxy) is 1. The van der Waals surface area contributed by atoms with E-state index in [1.807, 2.05) is 44.2 Å². The fourth-order valence-electron chi connectivity index (χ4n) is 2.01. The Bertz CT molecular complexity index is 679. The van der Waals surface area contributed by atoms with Gasteiger partial charge in [-0.05, 0) is 25.0 Å². The number of benzene rings is 1. The summed E-state index contributed by atoms with van der Waals surface area (Å²) in [4.78, 5) is 25.3. The average molecular weight is 331 g/mol. The number of amides is 1. The van der Waals surface area contributed by atoms with E-state index in [1.165, 1.54) is 11.3 Å². The van der Waals surface area contributed by atoms with Crippen molar-refractivity contribution in [1.82, 2.24) is 0 Å². The summed E-state index contributed by atoms with van der Waals surface area (Å²) in [7, 11) is 0. The molecular weight excluding hydrogens is 310 g/mol. The van der Waals surface area contributed by atoms with Gasteiger partial charge in [-0.3, -0.25) is 4.79 Å². The van der Waals surface area contributed by atoms with Crippen molar-refractivity contribution in [2.45, 2.75) is 27.2 Å². The van der Waals surface area contributed by atoms with E-state index in [4.69, 9.17) is 4.74 Å². The molecule has 2 aromatic rings. The Morgan fingerprint density at radius 1 is 1.22 bits per heavy atom. The molecule has 1 N–H and O–H groups in total. The zero-order chi connectivity index (χ0) is 16.8. The lowest BCUT2D eigenvalue weighted by atomic mass is 10.1. The largest absolute Gasteiger partial charge is 0.462 e. The highest BCUT2D eigenvalue weighted by Gasteiger charge is 2.21. The molecular formula is C18H21NO3S. The lowest BCUT2D eigenvalue weighted by Crippen LogP contribution is -2.20. The molecule has 0 spiro atoms. The van der Waals surface area contributed by atoms with E-state index in [0.717, 1.165) is 16.9 Å². The number of hydrogen-bond donors (Lipinski definition) is 1. The van der Waals surface area contributed by atoms with Gasteiger partial charge in [-0.25, -0.2) is 4.79 Å². The van der Waals surface area contributed by atoms with Crippen LogP contribution in [0.5, 0.6) is 0 Å². The molecule has 0 radical (unpaired) electrons. The zero-order valence-corrected chi connectivity index (χ0v) is 14.4. The first-order valence-corrected chi connectivity index (χ1v) is 8.55. The van der Waals surface area contributed by atoms with Gasteiger partial charge in [0.25, 0.3) is 0 Å². The van der Waals surface area contributed by atoms with Gasteiger partial charge in [0, 0.05) is 10.8 Å². The topological polar surface area (TPSA) is 55.4 Å². The molecule has 0 saturated carbocycles. The number of nitrogens with one attached hydrogen (secondary N) is 1. The number of anilines is 1. The number of carbonyl (C=O) groups is 2. The third-order valence-electron chi connectivity index (χ3n) is 3.58. The van der Waals surface area contributed by atoms with Crippen molar-refractivity contribution >= 4 is 28.2 Å². The molecule has 1 aromatic heterocycles. The fraction of sp³-hybridized carbons (Fsp3) is 0.333. The van der Waals surface area contributed by atoms with Crippen molar-refractivity contribution in [3.63, 3.8) is 0 Å². The summed E-state index contributed by atoms with van der Waals surface area (Å²) in [6.07, 6.45) is 0.748. The summed E-state index contributed by atoms with van der Waals surface area (Å²) in [6.45, 7) is 5.89. The second-order valence-corrected chi connectivity index (χ2v) is 6.29. The molecule has 0 bridgehead atoms. The van der Waals surface area contributed by atoms with Crippen LogP contribution in [-0.4, -0.2) is 18.5 Å². The Morgan fingerprint density at radius 2 is 1.91 bits per heavy atom. The number of rotatable bonds is 6. The van der Waals surface area contributed by atoms with Crippen LogP contribution in [0.4, 0.5) is 5.00 Å². The predicted molar refractivity (Wildman–Crippen MR) is 93.8 cm³/mol. The summed E-state index contributed by atoms with van der Waals surface area (Å²) < 4.78 is 5.10. The van der Waals surface area contributed by atoms with Crippen molar-refractivity contribution in [3.05, 3.63) is 42.0 Å². The van der Waals surface area contributed by atoms with Crippen LogP contribution in [0.15, 0.2) is 36.4 Å². The summed E-state index contributed by atoms with van der Waals surface area (Å²) in [6, 6.07) is 11.5. The highest BCUT2D eigenvalue weighted by atomic mass is 32.1. The lowest BCUT2D eigenvalue weighted by Gasteiger charge is -2.09. The van der Waals surface area contributed by atoms with E-state index in [1.54, 1.807) is 13.0 Å². The molecule has 1 atom stereocenters. The third kappa shape index (κ3) is 4.20. The van der Waals surface area contributed by atoms with Gasteiger partial charge in [-0.2, -0.15) is 0 Å². The van der Waals surface area contributed by atoms with Crippen LogP contribution < -0.4 is 5.32 Å². The maximum Gasteiger partial charge on any atom is 0.341 e. The summed E-state index contributed by atoms with van der Waals surface area (Å²) in [5.74, 6) is -0.600. The molecule has 1 aromatic carbocycles.